The van der Waals surface area contributed by atoms with Crippen molar-refractivity contribution in [2.75, 3.05) is 6.86 Å². The number of halogens is 1. The van der Waals surface area contributed by atoms with Crippen molar-refractivity contribution in [1.82, 2.24) is 4.98 Å². The van der Waals surface area contributed by atoms with Gasteiger partial charge in [0.1, 0.15) is 22.3 Å². The van der Waals surface area contributed by atoms with Crippen molar-refractivity contribution in [3.8, 4) is 27.8 Å². The zero-order chi connectivity index (χ0) is 19.5. The Morgan fingerprint density at radius 3 is 2.57 bits per heavy atom. The molecule has 28 heavy (non-hydrogen) atoms. The third kappa shape index (κ3) is 3.82. The molecule has 0 radical (unpaired) electrons. The fourth-order valence-electron chi connectivity index (χ4n) is 2.78. The molecular weight excluding hydrogens is 377 g/mol. The van der Waals surface area contributed by atoms with Crippen LogP contribution in [0.1, 0.15) is 11.1 Å². The predicted molar refractivity (Wildman–Crippen MR) is 110 cm³/mol. The highest BCUT2D eigenvalue weighted by Gasteiger charge is 2.07. The van der Waals surface area contributed by atoms with Crippen LogP contribution in [0.25, 0.3) is 32.9 Å². The molecule has 0 aliphatic carbocycles. The molecule has 4 nitrogen and oxygen atoms in total. The fraction of sp³-hybridized carbons (Fsp3) is 0.0455. The number of hydrogen-bond acceptors (Lipinski definition) is 5. The first kappa shape index (κ1) is 18.0. The van der Waals surface area contributed by atoms with Gasteiger partial charge in [-0.25, -0.2) is 9.37 Å². The predicted octanol–water partition coefficient (Wildman–Crippen LogP) is 5.85. The average Bonchev–Trinajstić information content (AvgIpc) is 3.12. The van der Waals surface area contributed by atoms with E-state index >= 15 is 0 Å². The number of aromatic hydroxyl groups is 2. The van der Waals surface area contributed by atoms with E-state index in [1.165, 1.54) is 23.5 Å². The summed E-state index contributed by atoms with van der Waals surface area (Å²) in [4.78, 5) is 4.60. The van der Waals surface area contributed by atoms with Crippen LogP contribution in [0.2, 0.25) is 0 Å². The van der Waals surface area contributed by atoms with Gasteiger partial charge in [0.25, 0.3) is 0 Å². The highest BCUT2D eigenvalue weighted by molar-refractivity contribution is 7.21. The number of hydrogen-bond donors (Lipinski definition) is 2. The van der Waals surface area contributed by atoms with E-state index < -0.39 is 6.86 Å². The maximum atomic E-state index is 12.3. The first-order valence-electron chi connectivity index (χ1n) is 8.52. The molecule has 0 unspecified atom stereocenters. The minimum atomic E-state index is -0.916. The Balaban J connectivity index is 1.56. The van der Waals surface area contributed by atoms with E-state index in [4.69, 9.17) is 4.74 Å². The SMILES string of the molecule is Oc1ccc2nc(-c3ccc(/C=C/c4cc(OCF)ccc4O)cc3)sc2c1. The Morgan fingerprint density at radius 2 is 1.79 bits per heavy atom. The van der Waals surface area contributed by atoms with Gasteiger partial charge in [-0.3, -0.25) is 0 Å². The van der Waals surface area contributed by atoms with Gasteiger partial charge < -0.3 is 14.9 Å². The van der Waals surface area contributed by atoms with Crippen LogP contribution in [-0.4, -0.2) is 22.1 Å². The molecule has 4 rings (SSSR count). The second kappa shape index (κ2) is 7.70. The lowest BCUT2D eigenvalue weighted by molar-refractivity contribution is 0.191. The Morgan fingerprint density at radius 1 is 0.964 bits per heavy atom. The molecule has 0 fully saturated rings. The van der Waals surface area contributed by atoms with Gasteiger partial charge in [-0.1, -0.05) is 36.4 Å². The summed E-state index contributed by atoms with van der Waals surface area (Å²) in [6, 6.07) is 17.6. The lowest BCUT2D eigenvalue weighted by Gasteiger charge is -2.04. The minimum absolute atomic E-state index is 0.0943. The Bertz CT molecular complexity index is 1150. The van der Waals surface area contributed by atoms with Crippen molar-refractivity contribution in [1.29, 1.82) is 0 Å². The highest BCUT2D eigenvalue weighted by Crippen LogP contribution is 2.32. The average molecular weight is 393 g/mol. The summed E-state index contributed by atoms with van der Waals surface area (Å²) in [5.74, 6) is 0.682. The molecule has 1 heterocycles. The van der Waals surface area contributed by atoms with Crippen LogP contribution in [0.15, 0.2) is 60.7 Å². The summed E-state index contributed by atoms with van der Waals surface area (Å²) in [5, 5.41) is 20.4. The minimum Gasteiger partial charge on any atom is -0.508 e. The van der Waals surface area contributed by atoms with Crippen LogP contribution in [0.3, 0.4) is 0 Å². The van der Waals surface area contributed by atoms with E-state index in [0.29, 0.717) is 11.3 Å². The van der Waals surface area contributed by atoms with Gasteiger partial charge in [0.2, 0.25) is 6.86 Å². The smallest absolute Gasteiger partial charge is 0.228 e. The number of alkyl halides is 1. The molecule has 1 aromatic heterocycles. The van der Waals surface area contributed by atoms with Crippen LogP contribution >= 0.6 is 11.3 Å². The van der Waals surface area contributed by atoms with Crippen molar-refractivity contribution in [2.45, 2.75) is 0 Å². The molecule has 4 aromatic rings. The van der Waals surface area contributed by atoms with Crippen molar-refractivity contribution in [2.24, 2.45) is 0 Å². The van der Waals surface area contributed by atoms with Gasteiger partial charge >= 0.3 is 0 Å². The van der Waals surface area contributed by atoms with Crippen molar-refractivity contribution < 1.29 is 19.3 Å². The van der Waals surface area contributed by atoms with Crippen molar-refractivity contribution >= 4 is 33.7 Å². The molecule has 0 spiro atoms. The zero-order valence-corrected chi connectivity index (χ0v) is 15.5. The molecule has 0 aliphatic rings. The molecule has 3 aromatic carbocycles. The van der Waals surface area contributed by atoms with E-state index in [-0.39, 0.29) is 11.5 Å². The van der Waals surface area contributed by atoms with E-state index in [9.17, 15) is 14.6 Å². The number of rotatable bonds is 5. The number of aromatic nitrogens is 1. The highest BCUT2D eigenvalue weighted by atomic mass is 32.1. The van der Waals surface area contributed by atoms with Crippen LogP contribution in [-0.2, 0) is 0 Å². The molecule has 2 N–H and O–H groups in total. The van der Waals surface area contributed by atoms with E-state index in [0.717, 1.165) is 26.4 Å². The molecule has 0 atom stereocenters. The molecular formula is C22H16FNO3S. The molecule has 0 bridgehead atoms. The zero-order valence-electron chi connectivity index (χ0n) is 14.7. The summed E-state index contributed by atoms with van der Waals surface area (Å²) in [6.45, 7) is -0.916. The van der Waals surface area contributed by atoms with Crippen molar-refractivity contribution in [3.05, 3.63) is 71.8 Å². The van der Waals surface area contributed by atoms with Crippen LogP contribution in [0.5, 0.6) is 17.2 Å². The van der Waals surface area contributed by atoms with Gasteiger partial charge in [-0.15, -0.1) is 11.3 Å². The lowest BCUT2D eigenvalue weighted by Crippen LogP contribution is -1.90. The molecule has 6 heteroatoms. The van der Waals surface area contributed by atoms with Gasteiger partial charge in [0.05, 0.1) is 10.2 Å². The number of benzene rings is 3. The summed E-state index contributed by atoms with van der Waals surface area (Å²) in [5.41, 5.74) is 3.33. The lowest BCUT2D eigenvalue weighted by atomic mass is 10.1. The Hall–Kier alpha value is -3.38. The monoisotopic (exact) mass is 393 g/mol. The van der Waals surface area contributed by atoms with Crippen LogP contribution in [0, 0.1) is 0 Å². The summed E-state index contributed by atoms with van der Waals surface area (Å²) in [6.07, 6.45) is 3.60. The Labute approximate surface area is 164 Å². The van der Waals surface area contributed by atoms with Gasteiger partial charge in [0.15, 0.2) is 0 Å². The molecule has 0 amide bonds. The third-order valence-corrected chi connectivity index (χ3v) is 5.27. The quantitative estimate of drug-likeness (QED) is 0.418. The van der Waals surface area contributed by atoms with Crippen LogP contribution < -0.4 is 4.74 Å². The summed E-state index contributed by atoms with van der Waals surface area (Å²) in [7, 11) is 0. The second-order valence-electron chi connectivity index (χ2n) is 6.10. The van der Waals surface area contributed by atoms with Crippen LogP contribution in [0.4, 0.5) is 4.39 Å². The Kier molecular flexibility index (Phi) is 4.95. The largest absolute Gasteiger partial charge is 0.508 e. The first-order chi connectivity index (χ1) is 13.6. The standard InChI is InChI=1S/C22H16FNO3S/c23-13-27-18-8-10-20(26)16(11-18)6-3-14-1-4-15(5-2-14)22-24-19-9-7-17(25)12-21(19)28-22/h1-12,25-26H,13H2/b6-3+. The second-order valence-corrected chi connectivity index (χ2v) is 7.13. The topological polar surface area (TPSA) is 62.6 Å². The molecule has 0 aliphatic heterocycles. The van der Waals surface area contributed by atoms with Gasteiger partial charge in [-0.2, -0.15) is 0 Å². The molecule has 140 valence electrons. The fourth-order valence-corrected chi connectivity index (χ4v) is 3.78. The maximum Gasteiger partial charge on any atom is 0.228 e. The van der Waals surface area contributed by atoms with Gasteiger partial charge in [-0.05, 0) is 42.0 Å². The maximum absolute atomic E-state index is 12.3. The number of phenolic OH excluding ortho intramolecular Hbond substituents is 2. The van der Waals surface area contributed by atoms with Gasteiger partial charge in [0, 0.05) is 11.1 Å². The number of phenols is 2. The summed E-state index contributed by atoms with van der Waals surface area (Å²) < 4.78 is 18.1. The van der Waals surface area contributed by atoms with Crippen molar-refractivity contribution in [3.63, 3.8) is 0 Å². The normalized spacial score (nSPS) is 11.3. The van der Waals surface area contributed by atoms with E-state index in [1.807, 2.05) is 30.3 Å². The number of thiazole rings is 1. The molecule has 0 saturated heterocycles. The number of fused-ring (bicyclic) bond motifs is 1. The third-order valence-electron chi connectivity index (χ3n) is 4.21. The molecule has 0 saturated carbocycles. The number of nitrogens with zero attached hydrogens (tertiary/aromatic N) is 1. The van der Waals surface area contributed by atoms with E-state index in [1.54, 1.807) is 30.3 Å². The first-order valence-corrected chi connectivity index (χ1v) is 9.34. The number of ether oxygens (including phenoxy) is 1. The summed E-state index contributed by atoms with van der Waals surface area (Å²) >= 11 is 1.52. The van der Waals surface area contributed by atoms with E-state index in [2.05, 4.69) is 4.98 Å².